The second kappa shape index (κ2) is 12.0. The minimum atomic E-state index is -0.393. The van der Waals surface area contributed by atoms with E-state index >= 15 is 0 Å². The third kappa shape index (κ3) is 6.02. The maximum atomic E-state index is 13.5. The predicted molar refractivity (Wildman–Crippen MR) is 136 cm³/mol. The molecule has 1 atom stereocenters. The van der Waals surface area contributed by atoms with Crippen LogP contribution >= 0.6 is 11.6 Å². The molecule has 0 aliphatic heterocycles. The molecule has 0 aliphatic rings. The fourth-order valence-electron chi connectivity index (χ4n) is 4.09. The van der Waals surface area contributed by atoms with E-state index in [1.807, 2.05) is 37.3 Å². The molecule has 6 heteroatoms. The molecule has 0 spiro atoms. The third-order valence-electron chi connectivity index (χ3n) is 6.24. The lowest BCUT2D eigenvalue weighted by molar-refractivity contribution is -0.132. The van der Waals surface area contributed by atoms with Crippen LogP contribution in [0.25, 0.3) is 16.6 Å². The first-order valence-electron chi connectivity index (χ1n) is 12.0. The average Bonchev–Trinajstić information content (AvgIpc) is 2.83. The average molecular weight is 468 g/mol. The van der Waals surface area contributed by atoms with Crippen molar-refractivity contribution in [2.45, 2.75) is 71.3 Å². The highest BCUT2D eigenvalue weighted by molar-refractivity contribution is 6.32. The maximum absolute atomic E-state index is 13.5. The van der Waals surface area contributed by atoms with Crippen LogP contribution in [0.3, 0.4) is 0 Å². The van der Waals surface area contributed by atoms with Crippen molar-refractivity contribution in [3.05, 3.63) is 69.7 Å². The quantitative estimate of drug-likeness (QED) is 0.295. The van der Waals surface area contributed by atoms with Gasteiger partial charge in [-0.1, -0.05) is 81.3 Å². The first kappa shape index (κ1) is 25.0. The minimum Gasteiger partial charge on any atom is -0.336 e. The van der Waals surface area contributed by atoms with Gasteiger partial charge in [-0.15, -0.1) is 0 Å². The number of unbranched alkanes of at least 4 members (excludes halogenated alkanes) is 6. The maximum Gasteiger partial charge on any atom is 0.266 e. The molecule has 0 aliphatic carbocycles. The van der Waals surface area contributed by atoms with Crippen molar-refractivity contribution in [1.29, 1.82) is 0 Å². The van der Waals surface area contributed by atoms with Crippen LogP contribution in [0.15, 0.2) is 53.3 Å². The fourth-order valence-corrected chi connectivity index (χ4v) is 4.32. The van der Waals surface area contributed by atoms with Crippen molar-refractivity contribution < 1.29 is 4.79 Å². The van der Waals surface area contributed by atoms with E-state index in [-0.39, 0.29) is 11.5 Å². The smallest absolute Gasteiger partial charge is 0.266 e. The topological polar surface area (TPSA) is 55.2 Å². The van der Waals surface area contributed by atoms with Gasteiger partial charge in [-0.25, -0.2) is 4.98 Å². The Kier molecular flexibility index (Phi) is 9.07. The number of nitrogens with zero attached hydrogens (tertiary/aromatic N) is 3. The molecular formula is C27H34ClN3O2. The molecule has 0 radical (unpaired) electrons. The van der Waals surface area contributed by atoms with Gasteiger partial charge in [0.2, 0.25) is 5.91 Å². The molecule has 1 unspecified atom stereocenters. The number of para-hydroxylation sites is 2. The van der Waals surface area contributed by atoms with E-state index in [0.717, 1.165) is 12.8 Å². The minimum absolute atomic E-state index is 0.0594. The Morgan fingerprint density at radius 3 is 2.36 bits per heavy atom. The summed E-state index contributed by atoms with van der Waals surface area (Å²) in [5.74, 6) is 0.561. The van der Waals surface area contributed by atoms with Crippen molar-refractivity contribution in [3.8, 4) is 5.69 Å². The Morgan fingerprint density at radius 1 is 1.00 bits per heavy atom. The van der Waals surface area contributed by atoms with Gasteiger partial charge in [0.15, 0.2) is 0 Å². The van der Waals surface area contributed by atoms with Gasteiger partial charge < -0.3 is 4.90 Å². The molecule has 1 aromatic heterocycles. The number of hydrogen-bond donors (Lipinski definition) is 0. The van der Waals surface area contributed by atoms with E-state index in [1.165, 1.54) is 32.1 Å². The number of amides is 1. The van der Waals surface area contributed by atoms with Crippen molar-refractivity contribution in [3.63, 3.8) is 0 Å². The Balaban J connectivity index is 1.84. The predicted octanol–water partition coefficient (Wildman–Crippen LogP) is 6.70. The first-order chi connectivity index (χ1) is 16.0. The van der Waals surface area contributed by atoms with Crippen LogP contribution < -0.4 is 5.56 Å². The summed E-state index contributed by atoms with van der Waals surface area (Å²) in [5, 5.41) is 0.979. The molecule has 5 nitrogen and oxygen atoms in total. The number of hydrogen-bond acceptors (Lipinski definition) is 3. The summed E-state index contributed by atoms with van der Waals surface area (Å²) in [6.07, 6.45) is 8.65. The van der Waals surface area contributed by atoms with Gasteiger partial charge in [-0.05, 0) is 37.6 Å². The van der Waals surface area contributed by atoms with Crippen molar-refractivity contribution in [2.75, 3.05) is 7.05 Å². The Hall–Kier alpha value is -2.66. The normalized spacial score (nSPS) is 12.1. The largest absolute Gasteiger partial charge is 0.336 e. The van der Waals surface area contributed by atoms with E-state index < -0.39 is 6.04 Å². The highest BCUT2D eigenvalue weighted by Gasteiger charge is 2.24. The van der Waals surface area contributed by atoms with Gasteiger partial charge in [-0.2, -0.15) is 0 Å². The third-order valence-corrected chi connectivity index (χ3v) is 6.56. The van der Waals surface area contributed by atoms with Crippen LogP contribution in [0.4, 0.5) is 0 Å². The summed E-state index contributed by atoms with van der Waals surface area (Å²) in [6.45, 7) is 4.12. The van der Waals surface area contributed by atoms with E-state index in [2.05, 4.69) is 6.92 Å². The standard InChI is InChI=1S/C27H34ClN3O2/c1-4-5-6-7-8-9-10-19-25(32)30(3)20(2)26-29-23-17-13-11-15-21(23)27(33)31(26)24-18-14-12-16-22(24)28/h11-18,20H,4-10,19H2,1-3H3. The Morgan fingerprint density at radius 2 is 1.64 bits per heavy atom. The first-order valence-corrected chi connectivity index (χ1v) is 12.4. The zero-order valence-electron chi connectivity index (χ0n) is 19.9. The van der Waals surface area contributed by atoms with E-state index in [4.69, 9.17) is 16.6 Å². The van der Waals surface area contributed by atoms with Crippen molar-refractivity contribution in [2.24, 2.45) is 0 Å². The number of halogens is 1. The molecule has 0 bridgehead atoms. The van der Waals surface area contributed by atoms with E-state index in [1.54, 1.807) is 34.7 Å². The molecule has 0 N–H and O–H groups in total. The highest BCUT2D eigenvalue weighted by atomic mass is 35.5. The van der Waals surface area contributed by atoms with Gasteiger partial charge >= 0.3 is 0 Å². The lowest BCUT2D eigenvalue weighted by Crippen LogP contribution is -2.34. The van der Waals surface area contributed by atoms with E-state index in [9.17, 15) is 9.59 Å². The monoisotopic (exact) mass is 467 g/mol. The van der Waals surface area contributed by atoms with Gasteiger partial charge in [-0.3, -0.25) is 14.2 Å². The second-order valence-corrected chi connectivity index (χ2v) is 9.04. The SMILES string of the molecule is CCCCCCCCCC(=O)N(C)C(C)c1nc2ccccc2c(=O)n1-c1ccccc1Cl. The molecule has 0 saturated heterocycles. The van der Waals surface area contributed by atoms with Gasteiger partial charge in [0, 0.05) is 13.5 Å². The zero-order chi connectivity index (χ0) is 23.8. The zero-order valence-corrected chi connectivity index (χ0v) is 20.6. The van der Waals surface area contributed by atoms with Crippen LogP contribution in [-0.4, -0.2) is 27.4 Å². The van der Waals surface area contributed by atoms with Crippen molar-refractivity contribution >= 4 is 28.4 Å². The summed E-state index contributed by atoms with van der Waals surface area (Å²) in [5.41, 5.74) is 0.987. The molecule has 0 saturated carbocycles. The summed E-state index contributed by atoms with van der Waals surface area (Å²) >= 11 is 6.46. The van der Waals surface area contributed by atoms with Crippen LogP contribution in [0.5, 0.6) is 0 Å². The Bertz CT molecular complexity index is 1140. The van der Waals surface area contributed by atoms with Gasteiger partial charge in [0.25, 0.3) is 5.56 Å². The second-order valence-electron chi connectivity index (χ2n) is 8.63. The van der Waals surface area contributed by atoms with Crippen LogP contribution in [0.2, 0.25) is 5.02 Å². The number of aromatic nitrogens is 2. The number of rotatable bonds is 11. The van der Waals surface area contributed by atoms with Crippen LogP contribution in [0, 0.1) is 0 Å². The van der Waals surface area contributed by atoms with Crippen LogP contribution in [0.1, 0.15) is 77.1 Å². The molecule has 3 aromatic rings. The van der Waals surface area contributed by atoms with Crippen molar-refractivity contribution in [1.82, 2.24) is 14.5 Å². The molecule has 2 aromatic carbocycles. The summed E-state index contributed by atoms with van der Waals surface area (Å²) < 4.78 is 1.55. The number of fused-ring (bicyclic) bond motifs is 1. The molecule has 1 heterocycles. The lowest BCUT2D eigenvalue weighted by Gasteiger charge is -2.27. The highest BCUT2D eigenvalue weighted by Crippen LogP contribution is 2.26. The summed E-state index contributed by atoms with van der Waals surface area (Å²) in [7, 11) is 1.78. The van der Waals surface area contributed by atoms with Crippen LogP contribution in [-0.2, 0) is 4.79 Å². The summed E-state index contributed by atoms with van der Waals surface area (Å²) in [4.78, 5) is 32.9. The molecule has 0 fully saturated rings. The molecule has 176 valence electrons. The van der Waals surface area contributed by atoms with Gasteiger partial charge in [0.05, 0.1) is 27.7 Å². The van der Waals surface area contributed by atoms with Gasteiger partial charge in [0.1, 0.15) is 5.82 Å². The number of carbonyl (C=O) groups is 1. The fraction of sp³-hybridized carbons (Fsp3) is 0.444. The molecular weight excluding hydrogens is 434 g/mol. The summed E-state index contributed by atoms with van der Waals surface area (Å²) in [6, 6.07) is 14.1. The molecule has 1 amide bonds. The lowest BCUT2D eigenvalue weighted by atomic mass is 10.1. The number of benzene rings is 2. The van der Waals surface area contributed by atoms with E-state index in [0.29, 0.717) is 33.9 Å². The Labute approximate surface area is 201 Å². The number of carbonyl (C=O) groups excluding carboxylic acids is 1. The molecule has 33 heavy (non-hydrogen) atoms. The molecule has 3 rings (SSSR count).